The van der Waals surface area contributed by atoms with Crippen molar-refractivity contribution in [3.8, 4) is 0 Å². The zero-order valence-electron chi connectivity index (χ0n) is 9.59. The molecule has 1 N–H and O–H groups in total. The van der Waals surface area contributed by atoms with Gasteiger partial charge in [-0.2, -0.15) is 0 Å². The molecule has 0 bridgehead atoms. The summed E-state index contributed by atoms with van der Waals surface area (Å²) in [5.41, 5.74) is 0. The van der Waals surface area contributed by atoms with Gasteiger partial charge >= 0.3 is 5.97 Å². The highest BCUT2D eigenvalue weighted by atomic mass is 16.5. The number of carbonyl (C=O) groups is 2. The summed E-state index contributed by atoms with van der Waals surface area (Å²) in [6.45, 7) is 3.53. The van der Waals surface area contributed by atoms with Crippen molar-refractivity contribution < 1.29 is 19.4 Å². The number of rotatable bonds is 6. The van der Waals surface area contributed by atoms with Crippen LogP contribution in [-0.4, -0.2) is 48.2 Å². The molecule has 1 saturated heterocycles. The van der Waals surface area contributed by atoms with Crippen LogP contribution in [0.3, 0.4) is 0 Å². The first kappa shape index (κ1) is 13.0. The van der Waals surface area contributed by atoms with E-state index in [1.807, 2.05) is 6.92 Å². The molecule has 0 radical (unpaired) electrons. The molecule has 0 aromatic heterocycles. The number of carboxylic acid groups (broad SMARTS) is 1. The number of hydrogen-bond acceptors (Lipinski definition) is 3. The summed E-state index contributed by atoms with van der Waals surface area (Å²) in [5.74, 6) is -1.01. The Kier molecular flexibility index (Phi) is 5.25. The number of ether oxygens (including phenoxy) is 1. The highest BCUT2D eigenvalue weighted by Gasteiger charge is 2.34. The van der Waals surface area contributed by atoms with Gasteiger partial charge in [-0.15, -0.1) is 0 Å². The quantitative estimate of drug-likeness (QED) is 0.682. The summed E-state index contributed by atoms with van der Waals surface area (Å²) < 4.78 is 5.28. The number of amides is 1. The van der Waals surface area contributed by atoms with Crippen LogP contribution in [-0.2, 0) is 14.3 Å². The Morgan fingerprint density at radius 1 is 1.69 bits per heavy atom. The van der Waals surface area contributed by atoms with Gasteiger partial charge in [0.1, 0.15) is 6.04 Å². The number of nitrogens with zero attached hydrogens (tertiary/aromatic N) is 1. The van der Waals surface area contributed by atoms with Crippen molar-refractivity contribution in [3.63, 3.8) is 0 Å². The van der Waals surface area contributed by atoms with Crippen molar-refractivity contribution in [2.75, 3.05) is 19.8 Å². The minimum atomic E-state index is -0.934. The van der Waals surface area contributed by atoms with Crippen molar-refractivity contribution in [2.45, 2.75) is 32.2 Å². The van der Waals surface area contributed by atoms with Crippen LogP contribution in [0.1, 0.15) is 26.2 Å². The summed E-state index contributed by atoms with van der Waals surface area (Å²) >= 11 is 0. The second kappa shape index (κ2) is 6.48. The van der Waals surface area contributed by atoms with Gasteiger partial charge in [-0.25, -0.2) is 4.79 Å². The minimum Gasteiger partial charge on any atom is -0.480 e. The fraction of sp³-hybridized carbons (Fsp3) is 0.818. The Labute approximate surface area is 95.4 Å². The van der Waals surface area contributed by atoms with E-state index in [-0.39, 0.29) is 5.92 Å². The van der Waals surface area contributed by atoms with E-state index < -0.39 is 12.0 Å². The van der Waals surface area contributed by atoms with Gasteiger partial charge in [0.15, 0.2) is 0 Å². The molecule has 0 spiro atoms. The van der Waals surface area contributed by atoms with Crippen molar-refractivity contribution >= 4 is 12.4 Å². The first-order valence-corrected chi connectivity index (χ1v) is 5.72. The molecule has 1 fully saturated rings. The maximum absolute atomic E-state index is 11.2. The molecule has 1 amide bonds. The fourth-order valence-corrected chi connectivity index (χ4v) is 2.14. The van der Waals surface area contributed by atoms with Gasteiger partial charge in [0.05, 0.1) is 6.61 Å². The third kappa shape index (κ3) is 3.20. The highest BCUT2D eigenvalue weighted by Crippen LogP contribution is 2.21. The van der Waals surface area contributed by atoms with Crippen LogP contribution in [0.4, 0.5) is 0 Å². The Morgan fingerprint density at radius 2 is 2.44 bits per heavy atom. The molecule has 0 aliphatic carbocycles. The van der Waals surface area contributed by atoms with E-state index in [0.29, 0.717) is 26.2 Å². The highest BCUT2D eigenvalue weighted by molar-refractivity contribution is 5.76. The van der Waals surface area contributed by atoms with Crippen LogP contribution in [0, 0.1) is 5.92 Å². The molecular formula is C11H19NO4. The topological polar surface area (TPSA) is 66.8 Å². The summed E-state index contributed by atoms with van der Waals surface area (Å²) in [7, 11) is 0. The van der Waals surface area contributed by atoms with Crippen LogP contribution in [0.15, 0.2) is 0 Å². The van der Waals surface area contributed by atoms with E-state index in [9.17, 15) is 14.7 Å². The Balaban J connectivity index is 2.70. The molecule has 0 aromatic carbocycles. The van der Waals surface area contributed by atoms with Crippen LogP contribution < -0.4 is 0 Å². The summed E-state index contributed by atoms with van der Waals surface area (Å²) in [6.07, 6.45) is 3.07. The Bertz CT molecular complexity index is 238. The van der Waals surface area contributed by atoms with Crippen molar-refractivity contribution in [1.82, 2.24) is 4.90 Å². The number of carbonyl (C=O) groups excluding carboxylic acids is 1. The monoisotopic (exact) mass is 229 g/mol. The summed E-state index contributed by atoms with van der Waals surface area (Å²) in [5, 5.41) is 9.20. The Morgan fingerprint density at radius 3 is 2.88 bits per heavy atom. The molecule has 16 heavy (non-hydrogen) atoms. The van der Waals surface area contributed by atoms with Crippen molar-refractivity contribution in [1.29, 1.82) is 0 Å². The van der Waals surface area contributed by atoms with E-state index in [1.54, 1.807) is 0 Å². The minimum absolute atomic E-state index is 0.0806. The molecule has 1 aliphatic rings. The van der Waals surface area contributed by atoms with E-state index in [0.717, 1.165) is 19.3 Å². The van der Waals surface area contributed by atoms with Crippen molar-refractivity contribution in [3.05, 3.63) is 0 Å². The first-order chi connectivity index (χ1) is 7.70. The lowest BCUT2D eigenvalue weighted by Gasteiger charge is -2.33. The smallest absolute Gasteiger partial charge is 0.326 e. The maximum Gasteiger partial charge on any atom is 0.326 e. The molecule has 92 valence electrons. The van der Waals surface area contributed by atoms with Crippen LogP contribution in [0.2, 0.25) is 0 Å². The molecule has 5 heteroatoms. The maximum atomic E-state index is 11.2. The van der Waals surface area contributed by atoms with E-state index >= 15 is 0 Å². The van der Waals surface area contributed by atoms with E-state index in [1.165, 1.54) is 4.90 Å². The van der Waals surface area contributed by atoms with E-state index in [4.69, 9.17) is 4.74 Å². The second-order valence-corrected chi connectivity index (χ2v) is 4.10. The lowest BCUT2D eigenvalue weighted by molar-refractivity contribution is -0.151. The SMILES string of the molecule is CCCN(C=O)C(C(=O)O)C1CCCOC1. The van der Waals surface area contributed by atoms with Gasteiger partial charge in [0.25, 0.3) is 0 Å². The van der Waals surface area contributed by atoms with Gasteiger partial charge in [-0.05, 0) is 19.3 Å². The molecule has 0 saturated carbocycles. The van der Waals surface area contributed by atoms with Gasteiger partial charge in [-0.3, -0.25) is 4.79 Å². The zero-order chi connectivity index (χ0) is 12.0. The van der Waals surface area contributed by atoms with Gasteiger partial charge in [0.2, 0.25) is 6.41 Å². The molecule has 5 nitrogen and oxygen atoms in total. The molecule has 1 aliphatic heterocycles. The third-order valence-electron chi connectivity index (χ3n) is 2.87. The lowest BCUT2D eigenvalue weighted by Crippen LogP contribution is -2.48. The van der Waals surface area contributed by atoms with E-state index in [2.05, 4.69) is 0 Å². The van der Waals surface area contributed by atoms with Gasteiger partial charge in [0, 0.05) is 19.1 Å². The van der Waals surface area contributed by atoms with Crippen LogP contribution in [0.25, 0.3) is 0 Å². The average Bonchev–Trinajstić information content (AvgIpc) is 2.29. The van der Waals surface area contributed by atoms with Gasteiger partial charge < -0.3 is 14.7 Å². The molecule has 1 rings (SSSR count). The molecule has 2 atom stereocenters. The lowest BCUT2D eigenvalue weighted by atomic mass is 9.92. The molecular weight excluding hydrogens is 210 g/mol. The number of hydrogen-bond donors (Lipinski definition) is 1. The average molecular weight is 229 g/mol. The summed E-state index contributed by atoms with van der Waals surface area (Å²) in [4.78, 5) is 23.5. The summed E-state index contributed by atoms with van der Waals surface area (Å²) in [6, 6.07) is -0.738. The molecule has 1 heterocycles. The number of aliphatic carboxylic acids is 1. The molecule has 2 unspecified atom stereocenters. The Hall–Kier alpha value is -1.10. The predicted octanol–water partition coefficient (Wildman–Crippen LogP) is 0.735. The van der Waals surface area contributed by atoms with Crippen LogP contribution in [0.5, 0.6) is 0 Å². The van der Waals surface area contributed by atoms with Gasteiger partial charge in [-0.1, -0.05) is 6.92 Å². The van der Waals surface area contributed by atoms with Crippen LogP contribution >= 0.6 is 0 Å². The largest absolute Gasteiger partial charge is 0.480 e. The fourth-order valence-electron chi connectivity index (χ4n) is 2.14. The number of carboxylic acids is 1. The first-order valence-electron chi connectivity index (χ1n) is 5.72. The zero-order valence-corrected chi connectivity index (χ0v) is 9.59. The second-order valence-electron chi connectivity index (χ2n) is 4.10. The van der Waals surface area contributed by atoms with Crippen molar-refractivity contribution in [2.24, 2.45) is 5.92 Å². The normalized spacial score (nSPS) is 22.4. The molecule has 0 aromatic rings. The predicted molar refractivity (Wildman–Crippen MR) is 58.0 cm³/mol. The third-order valence-corrected chi connectivity index (χ3v) is 2.87. The standard InChI is InChI=1S/C11H19NO4/c1-2-5-12(8-13)10(11(14)15)9-4-3-6-16-7-9/h8-10H,2-7H2,1H3,(H,14,15).